The Balaban J connectivity index is 2.18. The number of nitrogens with two attached hydrogens (primary N) is 1. The lowest BCUT2D eigenvalue weighted by Crippen LogP contribution is -2.42. The fourth-order valence-corrected chi connectivity index (χ4v) is 1.75. The van der Waals surface area contributed by atoms with Gasteiger partial charge in [-0.3, -0.25) is 4.79 Å². The maximum absolute atomic E-state index is 11.8. The van der Waals surface area contributed by atoms with Crippen LogP contribution in [-0.4, -0.2) is 23.5 Å². The maximum atomic E-state index is 11.8. The predicted octanol–water partition coefficient (Wildman–Crippen LogP) is 0.766. The zero-order valence-electron chi connectivity index (χ0n) is 9.14. The molecule has 86 valence electrons. The molecule has 1 aliphatic rings. The number of nitrogens with zero attached hydrogens (tertiary/aromatic N) is 1. The summed E-state index contributed by atoms with van der Waals surface area (Å²) in [4.78, 5) is 15.8. The number of hydrogen-bond acceptors (Lipinski definition) is 4. The van der Waals surface area contributed by atoms with E-state index in [-0.39, 0.29) is 11.8 Å². The molecule has 5 heteroatoms. The Labute approximate surface area is 94.0 Å². The largest absolute Gasteiger partial charge is 0.476 e. The van der Waals surface area contributed by atoms with Crippen molar-refractivity contribution in [2.75, 3.05) is 11.9 Å². The summed E-state index contributed by atoms with van der Waals surface area (Å²) in [6.45, 7) is 2.51. The number of carbonyl (C=O) groups is 1. The summed E-state index contributed by atoms with van der Waals surface area (Å²) in [6.07, 6.45) is 1.90. The molecule has 2 atom stereocenters. The summed E-state index contributed by atoms with van der Waals surface area (Å²) in [6, 6.07) is 3.57. The van der Waals surface area contributed by atoms with Crippen molar-refractivity contribution in [3.05, 3.63) is 18.3 Å². The molecule has 0 aliphatic carbocycles. The molecule has 0 saturated heterocycles. The van der Waals surface area contributed by atoms with Crippen LogP contribution in [0, 0.1) is 5.92 Å². The third-order valence-corrected chi connectivity index (χ3v) is 2.66. The van der Waals surface area contributed by atoms with Crippen molar-refractivity contribution in [1.29, 1.82) is 0 Å². The van der Waals surface area contributed by atoms with Gasteiger partial charge in [0.25, 0.3) is 5.91 Å². The van der Waals surface area contributed by atoms with E-state index in [0.29, 0.717) is 18.1 Å². The van der Waals surface area contributed by atoms with E-state index in [0.717, 1.165) is 6.42 Å². The number of rotatable bonds is 3. The molecule has 0 spiro atoms. The Morgan fingerprint density at radius 2 is 2.50 bits per heavy atom. The number of aromatic nitrogens is 1. The molecule has 3 N–H and O–H groups in total. The molecule has 2 heterocycles. The smallest absolute Gasteiger partial charge is 0.266 e. The van der Waals surface area contributed by atoms with Crippen LogP contribution in [0.2, 0.25) is 0 Å². The monoisotopic (exact) mass is 221 g/mol. The summed E-state index contributed by atoms with van der Waals surface area (Å²) in [5.74, 6) is 1.06. The molecule has 0 radical (unpaired) electrons. The van der Waals surface area contributed by atoms with E-state index < -0.39 is 6.10 Å². The highest BCUT2D eigenvalue weighted by molar-refractivity contribution is 5.96. The molecule has 16 heavy (non-hydrogen) atoms. The molecule has 1 amide bonds. The van der Waals surface area contributed by atoms with Crippen molar-refractivity contribution in [2.24, 2.45) is 11.7 Å². The van der Waals surface area contributed by atoms with Crippen molar-refractivity contribution in [2.45, 2.75) is 19.4 Å². The second-order valence-electron chi connectivity index (χ2n) is 3.93. The van der Waals surface area contributed by atoms with Crippen LogP contribution in [0.4, 0.5) is 5.82 Å². The van der Waals surface area contributed by atoms with E-state index in [1.54, 1.807) is 18.3 Å². The molecule has 5 nitrogen and oxygen atoms in total. The lowest BCUT2D eigenvalue weighted by Gasteiger charge is -2.28. The molecule has 0 bridgehead atoms. The average molecular weight is 221 g/mol. The van der Waals surface area contributed by atoms with Gasteiger partial charge in [-0.2, -0.15) is 0 Å². The highest BCUT2D eigenvalue weighted by atomic mass is 16.5. The number of fused-ring (bicyclic) bond motifs is 1. The van der Waals surface area contributed by atoms with Crippen LogP contribution >= 0.6 is 0 Å². The van der Waals surface area contributed by atoms with E-state index >= 15 is 0 Å². The third kappa shape index (κ3) is 1.99. The minimum atomic E-state index is -0.472. The zero-order valence-corrected chi connectivity index (χ0v) is 9.14. The second-order valence-corrected chi connectivity index (χ2v) is 3.93. The Morgan fingerprint density at radius 1 is 1.69 bits per heavy atom. The predicted molar refractivity (Wildman–Crippen MR) is 60.1 cm³/mol. The lowest BCUT2D eigenvalue weighted by atomic mass is 9.99. The third-order valence-electron chi connectivity index (χ3n) is 2.66. The molecule has 1 aromatic rings. The second kappa shape index (κ2) is 4.49. The first kappa shape index (κ1) is 10.9. The van der Waals surface area contributed by atoms with Crippen LogP contribution in [0.3, 0.4) is 0 Å². The van der Waals surface area contributed by atoms with Crippen molar-refractivity contribution in [3.8, 4) is 5.75 Å². The summed E-state index contributed by atoms with van der Waals surface area (Å²) >= 11 is 0. The number of pyridine rings is 1. The van der Waals surface area contributed by atoms with Gasteiger partial charge < -0.3 is 15.8 Å². The summed E-state index contributed by atoms with van der Waals surface area (Å²) in [5, 5.41) is 2.73. The maximum Gasteiger partial charge on any atom is 0.266 e. The fraction of sp³-hybridized carbons (Fsp3) is 0.455. The van der Waals surface area contributed by atoms with Gasteiger partial charge in [0.1, 0.15) is 0 Å². The molecule has 1 aliphatic heterocycles. The van der Waals surface area contributed by atoms with Gasteiger partial charge in [-0.15, -0.1) is 0 Å². The van der Waals surface area contributed by atoms with Gasteiger partial charge in [0.15, 0.2) is 17.7 Å². The first-order valence-electron chi connectivity index (χ1n) is 5.35. The van der Waals surface area contributed by atoms with Gasteiger partial charge in [0.05, 0.1) is 0 Å². The molecule has 0 aromatic carbocycles. The number of amides is 1. The first-order chi connectivity index (χ1) is 7.72. The molecular weight excluding hydrogens is 206 g/mol. The molecule has 0 fully saturated rings. The minimum absolute atomic E-state index is 0.0957. The first-order valence-corrected chi connectivity index (χ1v) is 5.35. The highest BCUT2D eigenvalue weighted by Gasteiger charge is 2.32. The van der Waals surface area contributed by atoms with Crippen LogP contribution in [0.15, 0.2) is 18.3 Å². The molecule has 2 unspecified atom stereocenters. The number of carbonyl (C=O) groups excluding carboxylic acids is 1. The Morgan fingerprint density at radius 3 is 3.25 bits per heavy atom. The van der Waals surface area contributed by atoms with Gasteiger partial charge in [-0.1, -0.05) is 6.92 Å². The number of ether oxygens (including phenoxy) is 1. The zero-order chi connectivity index (χ0) is 11.5. The standard InChI is InChI=1S/C11H15N3O2/c1-7(4-5-12)9-11(15)14-10-8(16-9)3-2-6-13-10/h2-3,6-7,9H,4-5,12H2,1H3,(H,13,14,15). The molecule has 0 saturated carbocycles. The van der Waals surface area contributed by atoms with Gasteiger partial charge in [-0.05, 0) is 25.1 Å². The van der Waals surface area contributed by atoms with Crippen molar-refractivity contribution in [1.82, 2.24) is 4.98 Å². The van der Waals surface area contributed by atoms with Crippen LogP contribution in [0.1, 0.15) is 13.3 Å². The van der Waals surface area contributed by atoms with Crippen LogP contribution in [0.5, 0.6) is 5.75 Å². The number of hydrogen-bond donors (Lipinski definition) is 2. The fourth-order valence-electron chi connectivity index (χ4n) is 1.75. The van der Waals surface area contributed by atoms with Crippen LogP contribution < -0.4 is 15.8 Å². The van der Waals surface area contributed by atoms with E-state index in [1.807, 2.05) is 6.92 Å². The Hall–Kier alpha value is -1.62. The van der Waals surface area contributed by atoms with Crippen molar-refractivity contribution >= 4 is 11.7 Å². The topological polar surface area (TPSA) is 77.2 Å². The normalized spacial score (nSPS) is 20.6. The van der Waals surface area contributed by atoms with Gasteiger partial charge >= 0.3 is 0 Å². The van der Waals surface area contributed by atoms with E-state index in [2.05, 4.69) is 10.3 Å². The SMILES string of the molecule is CC(CCN)C1Oc2cccnc2NC1=O. The molecule has 2 rings (SSSR count). The van der Waals surface area contributed by atoms with E-state index in [9.17, 15) is 4.79 Å². The number of anilines is 1. The summed E-state index contributed by atoms with van der Waals surface area (Å²) in [7, 11) is 0. The Bertz CT molecular complexity index is 395. The number of nitrogens with one attached hydrogen (secondary N) is 1. The van der Waals surface area contributed by atoms with Crippen molar-refractivity contribution < 1.29 is 9.53 Å². The van der Waals surface area contributed by atoms with Gasteiger partial charge in [0.2, 0.25) is 0 Å². The quantitative estimate of drug-likeness (QED) is 0.790. The lowest BCUT2D eigenvalue weighted by molar-refractivity contribution is -0.125. The minimum Gasteiger partial charge on any atom is -0.476 e. The van der Waals surface area contributed by atoms with E-state index in [4.69, 9.17) is 10.5 Å². The Kier molecular flexibility index (Phi) is 3.05. The molecule has 1 aromatic heterocycles. The highest BCUT2D eigenvalue weighted by Crippen LogP contribution is 2.29. The van der Waals surface area contributed by atoms with Crippen LogP contribution in [0.25, 0.3) is 0 Å². The molecular formula is C11H15N3O2. The van der Waals surface area contributed by atoms with E-state index in [1.165, 1.54) is 0 Å². The van der Waals surface area contributed by atoms with Crippen molar-refractivity contribution in [3.63, 3.8) is 0 Å². The van der Waals surface area contributed by atoms with Gasteiger partial charge in [-0.25, -0.2) is 4.98 Å². The van der Waals surface area contributed by atoms with Gasteiger partial charge in [0, 0.05) is 12.1 Å². The average Bonchev–Trinajstić information content (AvgIpc) is 2.28. The van der Waals surface area contributed by atoms with Crippen LogP contribution in [-0.2, 0) is 4.79 Å². The summed E-state index contributed by atoms with van der Waals surface area (Å²) < 4.78 is 5.63. The summed E-state index contributed by atoms with van der Waals surface area (Å²) in [5.41, 5.74) is 5.48.